The van der Waals surface area contributed by atoms with Crippen LogP contribution in [0.2, 0.25) is 5.02 Å². The fraction of sp³-hybridized carbons (Fsp3) is 0.300. The number of amides is 2. The highest BCUT2D eigenvalue weighted by Crippen LogP contribution is 2.31. The number of hydrogen-bond donors (Lipinski definition) is 1. The molecule has 1 heterocycles. The van der Waals surface area contributed by atoms with Crippen molar-refractivity contribution < 1.29 is 9.59 Å². The van der Waals surface area contributed by atoms with Crippen molar-refractivity contribution in [2.24, 2.45) is 5.92 Å². The molecule has 1 atom stereocenters. The zero-order valence-electron chi connectivity index (χ0n) is 14.7. The molecule has 2 aromatic carbocycles. The van der Waals surface area contributed by atoms with E-state index in [0.717, 1.165) is 22.1 Å². The molecule has 0 aliphatic carbocycles. The van der Waals surface area contributed by atoms with Crippen LogP contribution in [0.15, 0.2) is 40.9 Å². The van der Waals surface area contributed by atoms with Crippen LogP contribution in [0.1, 0.15) is 24.5 Å². The Labute approximate surface area is 166 Å². The summed E-state index contributed by atoms with van der Waals surface area (Å²) in [6.07, 6.45) is 1.17. The first-order valence-corrected chi connectivity index (χ1v) is 9.72. The van der Waals surface area contributed by atoms with E-state index in [-0.39, 0.29) is 24.2 Å². The predicted molar refractivity (Wildman–Crippen MR) is 109 cm³/mol. The minimum Gasteiger partial charge on any atom is -0.325 e. The fourth-order valence-corrected chi connectivity index (χ4v) is 3.68. The normalized spacial score (nSPS) is 16.8. The van der Waals surface area contributed by atoms with Gasteiger partial charge >= 0.3 is 0 Å². The topological polar surface area (TPSA) is 49.4 Å². The SMILES string of the molecule is CCc1ccc(N2C[C@H](C(=O)Nc3cc(Cl)c(Br)cc3C)CC2=O)cc1. The average Bonchev–Trinajstić information content (AvgIpc) is 3.01. The molecular weight excluding hydrogens is 416 g/mol. The molecule has 1 aliphatic rings. The summed E-state index contributed by atoms with van der Waals surface area (Å²) in [5.41, 5.74) is 3.63. The Morgan fingerprint density at radius 2 is 2.00 bits per heavy atom. The molecule has 2 aromatic rings. The lowest BCUT2D eigenvalue weighted by Crippen LogP contribution is -2.28. The molecule has 4 nitrogen and oxygen atoms in total. The van der Waals surface area contributed by atoms with Gasteiger partial charge in [-0.2, -0.15) is 0 Å². The van der Waals surface area contributed by atoms with Gasteiger partial charge in [-0.25, -0.2) is 0 Å². The second-order valence-electron chi connectivity index (χ2n) is 6.50. The Morgan fingerprint density at radius 1 is 1.31 bits per heavy atom. The van der Waals surface area contributed by atoms with Crippen molar-refractivity contribution in [1.29, 1.82) is 0 Å². The molecule has 0 aromatic heterocycles. The summed E-state index contributed by atoms with van der Waals surface area (Å²) in [5.74, 6) is -0.567. The molecule has 1 saturated heterocycles. The van der Waals surface area contributed by atoms with Gasteiger partial charge in [-0.15, -0.1) is 0 Å². The lowest BCUT2D eigenvalue weighted by Gasteiger charge is -2.17. The second-order valence-corrected chi connectivity index (χ2v) is 7.76. The number of halogens is 2. The van der Waals surface area contributed by atoms with E-state index in [2.05, 4.69) is 28.2 Å². The lowest BCUT2D eigenvalue weighted by molar-refractivity contribution is -0.122. The number of hydrogen-bond acceptors (Lipinski definition) is 2. The third kappa shape index (κ3) is 3.94. The molecule has 2 amide bonds. The molecule has 26 heavy (non-hydrogen) atoms. The molecule has 0 bridgehead atoms. The maximum Gasteiger partial charge on any atom is 0.229 e. The highest BCUT2D eigenvalue weighted by molar-refractivity contribution is 9.10. The van der Waals surface area contributed by atoms with Gasteiger partial charge in [0.05, 0.1) is 10.9 Å². The molecule has 136 valence electrons. The Balaban J connectivity index is 1.71. The maximum absolute atomic E-state index is 12.6. The van der Waals surface area contributed by atoms with Gasteiger partial charge in [0.15, 0.2) is 0 Å². The van der Waals surface area contributed by atoms with E-state index in [1.165, 1.54) is 5.56 Å². The number of aryl methyl sites for hydroxylation is 2. The highest BCUT2D eigenvalue weighted by Gasteiger charge is 2.35. The quantitative estimate of drug-likeness (QED) is 0.737. The average molecular weight is 436 g/mol. The molecular formula is C20H20BrClN2O2. The van der Waals surface area contributed by atoms with Gasteiger partial charge in [0.1, 0.15) is 0 Å². The van der Waals surface area contributed by atoms with E-state index < -0.39 is 0 Å². The zero-order chi connectivity index (χ0) is 18.8. The van der Waals surface area contributed by atoms with Gasteiger partial charge in [-0.05, 0) is 64.7 Å². The first-order chi connectivity index (χ1) is 12.4. The standard InChI is InChI=1S/C20H20BrClN2O2/c1-3-13-4-6-15(7-5-13)24-11-14(9-19(24)25)20(26)23-18-10-17(22)16(21)8-12(18)2/h4-8,10,14H,3,9,11H2,1-2H3,(H,23,26)/t14-/m1/s1. The molecule has 6 heteroatoms. The summed E-state index contributed by atoms with van der Waals surface area (Å²) < 4.78 is 0.785. The van der Waals surface area contributed by atoms with Crippen LogP contribution in [0, 0.1) is 12.8 Å². The molecule has 3 rings (SSSR count). The third-order valence-corrected chi connectivity index (χ3v) is 5.87. The van der Waals surface area contributed by atoms with Crippen LogP contribution in [0.3, 0.4) is 0 Å². The lowest BCUT2D eigenvalue weighted by atomic mass is 10.1. The smallest absolute Gasteiger partial charge is 0.229 e. The van der Waals surface area contributed by atoms with Crippen molar-refractivity contribution in [2.75, 3.05) is 16.8 Å². The first-order valence-electron chi connectivity index (χ1n) is 8.55. The van der Waals surface area contributed by atoms with Crippen LogP contribution >= 0.6 is 27.5 Å². The van der Waals surface area contributed by atoms with E-state index >= 15 is 0 Å². The molecule has 0 radical (unpaired) electrons. The highest BCUT2D eigenvalue weighted by atomic mass is 79.9. The maximum atomic E-state index is 12.6. The summed E-state index contributed by atoms with van der Waals surface area (Å²) in [7, 11) is 0. The van der Waals surface area contributed by atoms with E-state index in [4.69, 9.17) is 11.6 Å². The van der Waals surface area contributed by atoms with Gasteiger partial charge in [-0.1, -0.05) is 30.7 Å². The van der Waals surface area contributed by atoms with Crippen LogP contribution in [0.5, 0.6) is 0 Å². The minimum atomic E-state index is -0.379. The van der Waals surface area contributed by atoms with E-state index in [1.807, 2.05) is 37.3 Å². The van der Waals surface area contributed by atoms with Crippen molar-refractivity contribution in [3.63, 3.8) is 0 Å². The Bertz CT molecular complexity index is 852. The van der Waals surface area contributed by atoms with Crippen LogP contribution in [0.25, 0.3) is 0 Å². The number of carbonyl (C=O) groups excluding carboxylic acids is 2. The number of anilines is 2. The number of nitrogens with zero attached hydrogens (tertiary/aromatic N) is 1. The molecule has 1 aliphatic heterocycles. The van der Waals surface area contributed by atoms with Gasteiger partial charge in [0.25, 0.3) is 0 Å². The van der Waals surface area contributed by atoms with Gasteiger partial charge in [0.2, 0.25) is 11.8 Å². The summed E-state index contributed by atoms with van der Waals surface area (Å²) in [4.78, 5) is 26.7. The summed E-state index contributed by atoms with van der Waals surface area (Å²) in [6, 6.07) is 11.5. The van der Waals surface area contributed by atoms with Gasteiger partial charge < -0.3 is 10.2 Å². The van der Waals surface area contributed by atoms with E-state index in [0.29, 0.717) is 17.3 Å². The van der Waals surface area contributed by atoms with Crippen molar-refractivity contribution in [2.45, 2.75) is 26.7 Å². The first kappa shape index (κ1) is 18.9. The second kappa shape index (κ2) is 7.80. The monoisotopic (exact) mass is 434 g/mol. The van der Waals surface area contributed by atoms with Crippen LogP contribution in [0.4, 0.5) is 11.4 Å². The summed E-state index contributed by atoms with van der Waals surface area (Å²) in [6.45, 7) is 4.38. The number of benzene rings is 2. The molecule has 0 saturated carbocycles. The van der Waals surface area contributed by atoms with Crippen molar-refractivity contribution >= 4 is 50.7 Å². The summed E-state index contributed by atoms with van der Waals surface area (Å²) >= 11 is 9.49. The largest absolute Gasteiger partial charge is 0.325 e. The minimum absolute atomic E-state index is 0.0278. The fourth-order valence-electron chi connectivity index (χ4n) is 3.06. The van der Waals surface area contributed by atoms with Crippen molar-refractivity contribution in [1.82, 2.24) is 0 Å². The Kier molecular flexibility index (Phi) is 5.68. The van der Waals surface area contributed by atoms with Crippen LogP contribution in [-0.2, 0) is 16.0 Å². The molecule has 1 fully saturated rings. The number of nitrogens with one attached hydrogen (secondary N) is 1. The van der Waals surface area contributed by atoms with E-state index in [1.54, 1.807) is 11.0 Å². The Morgan fingerprint density at radius 3 is 2.65 bits per heavy atom. The number of rotatable bonds is 4. The summed E-state index contributed by atoms with van der Waals surface area (Å²) in [5, 5.41) is 3.44. The Hall–Kier alpha value is -1.85. The molecule has 1 N–H and O–H groups in total. The number of carbonyl (C=O) groups is 2. The van der Waals surface area contributed by atoms with Crippen molar-refractivity contribution in [3.05, 3.63) is 57.0 Å². The molecule has 0 unspecified atom stereocenters. The van der Waals surface area contributed by atoms with E-state index in [9.17, 15) is 9.59 Å². The van der Waals surface area contributed by atoms with Crippen molar-refractivity contribution in [3.8, 4) is 0 Å². The van der Waals surface area contributed by atoms with Crippen LogP contribution in [-0.4, -0.2) is 18.4 Å². The molecule has 0 spiro atoms. The zero-order valence-corrected chi connectivity index (χ0v) is 17.0. The predicted octanol–water partition coefficient (Wildman–Crippen LogP) is 4.96. The third-order valence-electron chi connectivity index (χ3n) is 4.68. The van der Waals surface area contributed by atoms with Gasteiger partial charge in [-0.3, -0.25) is 9.59 Å². The van der Waals surface area contributed by atoms with Gasteiger partial charge in [0, 0.05) is 28.8 Å². The van der Waals surface area contributed by atoms with Crippen LogP contribution < -0.4 is 10.2 Å².